The molecule has 0 amide bonds. The van der Waals surface area contributed by atoms with Gasteiger partial charge in [0.25, 0.3) is 5.01 Å². The number of benzene rings is 2. The van der Waals surface area contributed by atoms with Crippen LogP contribution in [0.5, 0.6) is 0 Å². The summed E-state index contributed by atoms with van der Waals surface area (Å²) in [5, 5.41) is 10.2. The minimum Gasteiger partial charge on any atom is -0.338 e. The third-order valence-electron chi connectivity index (χ3n) is 8.06. The fourth-order valence-electron chi connectivity index (χ4n) is 5.88. The number of aromatic nitrogens is 1. The van der Waals surface area contributed by atoms with E-state index in [2.05, 4.69) is 98.4 Å². The molecule has 6 rings (SSSR count). The molecule has 224 valence electrons. The summed E-state index contributed by atoms with van der Waals surface area (Å²) >= 11 is 10.4. The molecule has 1 unspecified atom stereocenters. The van der Waals surface area contributed by atoms with E-state index in [0.717, 1.165) is 12.8 Å². The molecular weight excluding hydrogens is 653 g/mol. The van der Waals surface area contributed by atoms with Gasteiger partial charge in [-0.1, -0.05) is 109 Å². The van der Waals surface area contributed by atoms with Crippen molar-refractivity contribution in [2.75, 3.05) is 11.9 Å². The SMILES string of the molecule is C=CSc1cc2c(cc1SC=C)N(C)C(=CC1=CC3=CC(=Cc4sc5cc(SC=C)c(SC=C)cc5[n+]4C)CCC3CC1)S2. The molecule has 0 saturated heterocycles. The summed E-state index contributed by atoms with van der Waals surface area (Å²) in [4.78, 5) is 8.55. The monoisotopic (exact) mass is 687 g/mol. The number of aryl methyl sites for hydroxylation is 1. The van der Waals surface area contributed by atoms with Crippen LogP contribution < -0.4 is 9.47 Å². The van der Waals surface area contributed by atoms with E-state index in [-0.39, 0.29) is 0 Å². The lowest BCUT2D eigenvalue weighted by Crippen LogP contribution is -2.29. The van der Waals surface area contributed by atoms with Crippen molar-refractivity contribution in [3.8, 4) is 0 Å². The van der Waals surface area contributed by atoms with Crippen molar-refractivity contribution < 1.29 is 4.57 Å². The van der Waals surface area contributed by atoms with Crippen molar-refractivity contribution in [3.05, 3.63) is 117 Å². The molecule has 2 nitrogen and oxygen atoms in total. The van der Waals surface area contributed by atoms with E-state index in [4.69, 9.17) is 0 Å². The van der Waals surface area contributed by atoms with Crippen molar-refractivity contribution in [1.82, 2.24) is 0 Å². The predicted octanol–water partition coefficient (Wildman–Crippen LogP) is 12.2. The zero-order valence-electron chi connectivity index (χ0n) is 25.0. The Bertz CT molecular complexity index is 1800. The fraction of sp³-hybridized carbons (Fsp3) is 0.194. The molecule has 0 radical (unpaired) electrons. The maximum absolute atomic E-state index is 3.93. The number of allylic oxidation sites excluding steroid dienone is 6. The molecule has 0 bridgehead atoms. The summed E-state index contributed by atoms with van der Waals surface area (Å²) < 4.78 is 3.64. The number of hydrogen-bond donors (Lipinski definition) is 0. The van der Waals surface area contributed by atoms with E-state index in [1.807, 2.05) is 44.7 Å². The number of hydrogen-bond acceptors (Lipinski definition) is 7. The van der Waals surface area contributed by atoms with Crippen LogP contribution in [0.2, 0.25) is 0 Å². The van der Waals surface area contributed by atoms with Crippen molar-refractivity contribution in [2.24, 2.45) is 13.0 Å². The Labute approximate surface area is 286 Å². The van der Waals surface area contributed by atoms with Gasteiger partial charge in [-0.25, -0.2) is 0 Å². The second-order valence-electron chi connectivity index (χ2n) is 10.7. The average molecular weight is 688 g/mol. The standard InChI is InChI=1S/C36H35N2S6/c1-7-39-31-19-27-29(21-33(31)41-9-3)43-35(37(27)5)17-23-11-13-25-14-12-24(16-26(25)15-23)18-36-38(6)28-20-32(40-8-2)34(42-10-4)22-30(28)44-36/h7-10,15-22,25H,1-4,11-14H2,5-6H3/q+1. The lowest BCUT2D eigenvalue weighted by Gasteiger charge is -2.28. The van der Waals surface area contributed by atoms with Gasteiger partial charge in [-0.15, -0.1) is 0 Å². The van der Waals surface area contributed by atoms with Gasteiger partial charge in [0.05, 0.1) is 10.7 Å². The first kappa shape index (κ1) is 31.8. The number of anilines is 1. The first-order chi connectivity index (χ1) is 21.4. The molecule has 0 spiro atoms. The molecule has 8 heteroatoms. The van der Waals surface area contributed by atoms with Crippen LogP contribution >= 0.6 is 70.1 Å². The number of nitrogens with zero attached hydrogens (tertiary/aromatic N) is 2. The van der Waals surface area contributed by atoms with Crippen LogP contribution in [0.15, 0.2) is 137 Å². The highest BCUT2D eigenvalue weighted by atomic mass is 32.2. The molecule has 1 atom stereocenters. The van der Waals surface area contributed by atoms with Gasteiger partial charge < -0.3 is 4.90 Å². The molecule has 0 saturated carbocycles. The zero-order valence-corrected chi connectivity index (χ0v) is 29.9. The molecule has 2 aromatic carbocycles. The smallest absolute Gasteiger partial charge is 0.262 e. The molecule has 1 aliphatic heterocycles. The summed E-state index contributed by atoms with van der Waals surface area (Å²) in [6.07, 6.45) is 14.4. The van der Waals surface area contributed by atoms with Crippen molar-refractivity contribution in [3.63, 3.8) is 0 Å². The molecule has 2 heterocycles. The zero-order chi connectivity index (χ0) is 30.8. The number of thiazole rings is 1. The van der Waals surface area contributed by atoms with Crippen molar-refractivity contribution in [1.29, 1.82) is 0 Å². The van der Waals surface area contributed by atoms with E-state index >= 15 is 0 Å². The van der Waals surface area contributed by atoms with Crippen LogP contribution in [0.4, 0.5) is 5.69 Å². The predicted molar refractivity (Wildman–Crippen MR) is 202 cm³/mol. The minimum atomic E-state index is 0.658. The van der Waals surface area contributed by atoms with Crippen LogP contribution in [-0.4, -0.2) is 7.05 Å². The van der Waals surface area contributed by atoms with Gasteiger partial charge in [-0.3, -0.25) is 0 Å². The second-order valence-corrected chi connectivity index (χ2v) is 16.8. The fourth-order valence-corrected chi connectivity index (χ4v) is 11.1. The third kappa shape index (κ3) is 6.53. The van der Waals surface area contributed by atoms with Gasteiger partial charge in [-0.2, -0.15) is 4.57 Å². The summed E-state index contributed by atoms with van der Waals surface area (Å²) in [6, 6.07) is 9.18. The molecule has 44 heavy (non-hydrogen) atoms. The minimum absolute atomic E-state index is 0.658. The number of rotatable bonds is 10. The molecule has 0 fully saturated rings. The lowest BCUT2D eigenvalue weighted by atomic mass is 9.77. The van der Waals surface area contributed by atoms with E-state index in [0.29, 0.717) is 5.92 Å². The second kappa shape index (κ2) is 14.1. The van der Waals surface area contributed by atoms with Gasteiger partial charge in [0.2, 0.25) is 5.52 Å². The maximum atomic E-state index is 3.93. The Morgan fingerprint density at radius 1 is 0.818 bits per heavy atom. The highest BCUT2D eigenvalue weighted by Crippen LogP contribution is 2.50. The average Bonchev–Trinajstić information content (AvgIpc) is 3.47. The largest absolute Gasteiger partial charge is 0.338 e. The van der Waals surface area contributed by atoms with E-state index in [9.17, 15) is 0 Å². The highest BCUT2D eigenvalue weighted by Gasteiger charge is 2.27. The molecule has 1 aromatic heterocycles. The van der Waals surface area contributed by atoms with Crippen LogP contribution in [0, 0.1) is 5.92 Å². The Kier molecular flexibility index (Phi) is 10.2. The molecular formula is C36H35N2S6+. The van der Waals surface area contributed by atoms with Gasteiger partial charge in [0.1, 0.15) is 11.7 Å². The molecule has 0 N–H and O–H groups in total. The summed E-state index contributed by atoms with van der Waals surface area (Å²) in [5.41, 5.74) is 6.85. The van der Waals surface area contributed by atoms with Crippen molar-refractivity contribution >= 4 is 92.1 Å². The normalized spacial score (nSPS) is 19.5. The Morgan fingerprint density at radius 3 is 2.16 bits per heavy atom. The Morgan fingerprint density at radius 2 is 1.45 bits per heavy atom. The van der Waals surface area contributed by atoms with Gasteiger partial charge in [-0.05, 0) is 94.2 Å². The third-order valence-corrected chi connectivity index (χ3v) is 13.6. The Balaban J connectivity index is 1.28. The van der Waals surface area contributed by atoms with Gasteiger partial charge in [0.15, 0.2) is 0 Å². The maximum Gasteiger partial charge on any atom is 0.262 e. The number of thioether (sulfide) groups is 5. The van der Waals surface area contributed by atoms with Gasteiger partial charge >= 0.3 is 0 Å². The van der Waals surface area contributed by atoms with Crippen molar-refractivity contribution in [2.45, 2.75) is 50.2 Å². The molecule has 3 aliphatic rings. The molecule has 2 aliphatic carbocycles. The van der Waals surface area contributed by atoms with Crippen LogP contribution in [-0.2, 0) is 7.05 Å². The lowest BCUT2D eigenvalue weighted by molar-refractivity contribution is -0.642. The quantitative estimate of drug-likeness (QED) is 0.154. The summed E-state index contributed by atoms with van der Waals surface area (Å²) in [7, 11) is 4.37. The van der Waals surface area contributed by atoms with Crippen LogP contribution in [0.3, 0.4) is 0 Å². The summed E-state index contributed by atoms with van der Waals surface area (Å²) in [6.45, 7) is 15.7. The first-order valence-electron chi connectivity index (χ1n) is 14.4. The summed E-state index contributed by atoms with van der Waals surface area (Å²) in [5.74, 6) is 0.658. The topological polar surface area (TPSA) is 7.12 Å². The van der Waals surface area contributed by atoms with Gasteiger partial charge in [0, 0.05) is 43.7 Å². The van der Waals surface area contributed by atoms with E-state index < -0.39 is 0 Å². The van der Waals surface area contributed by atoms with E-state index in [1.165, 1.54) is 80.0 Å². The van der Waals surface area contributed by atoms with E-state index in [1.54, 1.807) is 47.0 Å². The molecule has 3 aromatic rings. The van der Waals surface area contributed by atoms with Crippen LogP contribution in [0.1, 0.15) is 30.7 Å². The first-order valence-corrected chi connectivity index (χ1v) is 19.6. The van der Waals surface area contributed by atoms with Crippen LogP contribution in [0.25, 0.3) is 16.3 Å². The Hall–Kier alpha value is -2.20. The number of fused-ring (bicyclic) bond motifs is 3. The highest BCUT2D eigenvalue weighted by molar-refractivity contribution is 8.05.